The van der Waals surface area contributed by atoms with Crippen LogP contribution in [0.2, 0.25) is 0 Å². The number of rotatable bonds is 3. The Morgan fingerprint density at radius 3 is 2.50 bits per heavy atom. The van der Waals surface area contributed by atoms with Crippen LogP contribution in [-0.2, 0) is 4.79 Å². The van der Waals surface area contributed by atoms with Crippen molar-refractivity contribution in [3.8, 4) is 6.07 Å². The van der Waals surface area contributed by atoms with Crippen LogP contribution in [0.5, 0.6) is 0 Å². The van der Waals surface area contributed by atoms with E-state index in [9.17, 15) is 4.79 Å². The molecular weight excluding hydrogens is 202 g/mol. The minimum absolute atomic E-state index is 0.118. The van der Waals surface area contributed by atoms with Crippen LogP contribution in [0.3, 0.4) is 0 Å². The number of nitrogens with two attached hydrogens (primary N) is 1. The van der Waals surface area contributed by atoms with E-state index in [1.807, 2.05) is 13.0 Å². The van der Waals surface area contributed by atoms with Crippen LogP contribution in [0.4, 0.5) is 5.69 Å². The molecule has 1 aromatic rings. The SMILES string of the molecule is CCC(N)C(=O)N(C)c1ccc(C#N)cc1. The van der Waals surface area contributed by atoms with Crippen molar-refractivity contribution in [3.63, 3.8) is 0 Å². The van der Waals surface area contributed by atoms with Crippen LogP contribution in [0.15, 0.2) is 24.3 Å². The number of hydrogen-bond acceptors (Lipinski definition) is 3. The second kappa shape index (κ2) is 5.29. The predicted molar refractivity (Wildman–Crippen MR) is 62.8 cm³/mol. The number of anilines is 1. The van der Waals surface area contributed by atoms with Gasteiger partial charge in [-0.25, -0.2) is 0 Å². The Hall–Kier alpha value is -1.86. The van der Waals surface area contributed by atoms with E-state index in [4.69, 9.17) is 11.0 Å². The summed E-state index contributed by atoms with van der Waals surface area (Å²) < 4.78 is 0. The molecule has 84 valence electrons. The average molecular weight is 217 g/mol. The Kier molecular flexibility index (Phi) is 4.03. The number of carbonyl (C=O) groups excluding carboxylic acids is 1. The first-order valence-corrected chi connectivity index (χ1v) is 5.13. The Labute approximate surface area is 95.3 Å². The molecule has 0 aliphatic rings. The fourth-order valence-electron chi connectivity index (χ4n) is 1.31. The van der Waals surface area contributed by atoms with Crippen LogP contribution < -0.4 is 10.6 Å². The van der Waals surface area contributed by atoms with Crippen LogP contribution in [-0.4, -0.2) is 19.0 Å². The van der Waals surface area contributed by atoms with E-state index in [2.05, 4.69) is 0 Å². The smallest absolute Gasteiger partial charge is 0.243 e. The zero-order chi connectivity index (χ0) is 12.1. The monoisotopic (exact) mass is 217 g/mol. The largest absolute Gasteiger partial charge is 0.320 e. The van der Waals surface area contributed by atoms with Crippen molar-refractivity contribution in [1.29, 1.82) is 5.26 Å². The summed E-state index contributed by atoms with van der Waals surface area (Å²) in [4.78, 5) is 13.3. The third kappa shape index (κ3) is 2.59. The maximum atomic E-state index is 11.8. The first-order valence-electron chi connectivity index (χ1n) is 5.13. The molecule has 0 spiro atoms. The molecule has 0 aliphatic heterocycles. The summed E-state index contributed by atoms with van der Waals surface area (Å²) in [6, 6.07) is 8.38. The van der Waals surface area contributed by atoms with Crippen molar-refractivity contribution in [2.24, 2.45) is 5.73 Å². The minimum Gasteiger partial charge on any atom is -0.320 e. The van der Waals surface area contributed by atoms with Crippen molar-refractivity contribution >= 4 is 11.6 Å². The van der Waals surface area contributed by atoms with E-state index in [0.29, 0.717) is 12.0 Å². The zero-order valence-electron chi connectivity index (χ0n) is 9.47. The van der Waals surface area contributed by atoms with Gasteiger partial charge in [-0.3, -0.25) is 4.79 Å². The summed E-state index contributed by atoms with van der Waals surface area (Å²) in [5, 5.41) is 8.65. The number of likely N-dealkylation sites (N-methyl/N-ethyl adjacent to an activating group) is 1. The lowest BCUT2D eigenvalue weighted by Gasteiger charge is -2.20. The Balaban J connectivity index is 2.84. The molecule has 4 nitrogen and oxygen atoms in total. The second-order valence-electron chi connectivity index (χ2n) is 3.57. The predicted octanol–water partition coefficient (Wildman–Crippen LogP) is 1.26. The highest BCUT2D eigenvalue weighted by atomic mass is 16.2. The lowest BCUT2D eigenvalue weighted by Crippen LogP contribution is -2.41. The fraction of sp³-hybridized carbons (Fsp3) is 0.333. The first-order chi connectivity index (χ1) is 7.60. The second-order valence-corrected chi connectivity index (χ2v) is 3.57. The minimum atomic E-state index is -0.472. The van der Waals surface area contributed by atoms with Gasteiger partial charge in [-0.15, -0.1) is 0 Å². The quantitative estimate of drug-likeness (QED) is 0.828. The number of hydrogen-bond donors (Lipinski definition) is 1. The van der Waals surface area contributed by atoms with Crippen molar-refractivity contribution in [3.05, 3.63) is 29.8 Å². The normalized spacial score (nSPS) is 11.6. The number of carbonyl (C=O) groups is 1. The number of amides is 1. The van der Waals surface area contributed by atoms with Gasteiger partial charge in [0, 0.05) is 12.7 Å². The highest BCUT2D eigenvalue weighted by Gasteiger charge is 2.17. The Morgan fingerprint density at radius 2 is 2.06 bits per heavy atom. The summed E-state index contributed by atoms with van der Waals surface area (Å²) in [6.45, 7) is 1.87. The van der Waals surface area contributed by atoms with Gasteiger partial charge in [-0.05, 0) is 30.7 Å². The first kappa shape index (κ1) is 12.2. The summed E-state index contributed by atoms with van der Waals surface area (Å²) in [5.41, 5.74) is 6.98. The van der Waals surface area contributed by atoms with E-state index < -0.39 is 6.04 Å². The fourth-order valence-corrected chi connectivity index (χ4v) is 1.31. The maximum Gasteiger partial charge on any atom is 0.243 e. The topological polar surface area (TPSA) is 70.1 Å². The zero-order valence-corrected chi connectivity index (χ0v) is 9.47. The van der Waals surface area contributed by atoms with Gasteiger partial charge < -0.3 is 10.6 Å². The van der Waals surface area contributed by atoms with Crippen molar-refractivity contribution in [1.82, 2.24) is 0 Å². The number of benzene rings is 1. The molecule has 1 amide bonds. The lowest BCUT2D eigenvalue weighted by atomic mass is 10.2. The number of nitrogens with zero attached hydrogens (tertiary/aromatic N) is 2. The van der Waals surface area contributed by atoms with Crippen molar-refractivity contribution in [2.45, 2.75) is 19.4 Å². The van der Waals surface area contributed by atoms with Gasteiger partial charge in [-0.1, -0.05) is 6.92 Å². The molecule has 2 N–H and O–H groups in total. The number of nitriles is 1. The van der Waals surface area contributed by atoms with Gasteiger partial charge in [0.15, 0.2) is 0 Å². The molecule has 0 bridgehead atoms. The summed E-state index contributed by atoms with van der Waals surface area (Å²) >= 11 is 0. The third-order valence-electron chi connectivity index (χ3n) is 2.47. The molecule has 1 atom stereocenters. The molecule has 0 radical (unpaired) electrons. The molecule has 0 aromatic heterocycles. The molecule has 1 unspecified atom stereocenters. The molecule has 0 saturated heterocycles. The Morgan fingerprint density at radius 1 is 1.50 bits per heavy atom. The van der Waals surface area contributed by atoms with Crippen molar-refractivity contribution in [2.75, 3.05) is 11.9 Å². The van der Waals surface area contributed by atoms with Gasteiger partial charge in [0.1, 0.15) is 0 Å². The van der Waals surface area contributed by atoms with Crippen LogP contribution in [0.1, 0.15) is 18.9 Å². The van der Waals surface area contributed by atoms with Gasteiger partial charge >= 0.3 is 0 Å². The van der Waals surface area contributed by atoms with E-state index in [1.54, 1.807) is 31.3 Å². The molecular formula is C12H15N3O. The van der Waals surface area contributed by atoms with E-state index in [0.717, 1.165) is 5.69 Å². The van der Waals surface area contributed by atoms with Crippen LogP contribution >= 0.6 is 0 Å². The van der Waals surface area contributed by atoms with Gasteiger partial charge in [-0.2, -0.15) is 5.26 Å². The molecule has 0 saturated carbocycles. The van der Waals surface area contributed by atoms with Gasteiger partial charge in [0.25, 0.3) is 0 Å². The molecule has 4 heteroatoms. The Bertz CT molecular complexity index is 405. The van der Waals surface area contributed by atoms with E-state index >= 15 is 0 Å². The van der Waals surface area contributed by atoms with Crippen molar-refractivity contribution < 1.29 is 4.79 Å². The van der Waals surface area contributed by atoms with Crippen LogP contribution in [0, 0.1) is 11.3 Å². The average Bonchev–Trinajstić information content (AvgIpc) is 2.36. The maximum absolute atomic E-state index is 11.8. The molecule has 0 heterocycles. The molecule has 16 heavy (non-hydrogen) atoms. The summed E-state index contributed by atoms with van der Waals surface area (Å²) in [5.74, 6) is -0.118. The highest BCUT2D eigenvalue weighted by molar-refractivity contribution is 5.96. The summed E-state index contributed by atoms with van der Waals surface area (Å²) in [7, 11) is 1.68. The lowest BCUT2D eigenvalue weighted by molar-refractivity contribution is -0.119. The van der Waals surface area contributed by atoms with E-state index in [1.165, 1.54) is 4.90 Å². The van der Waals surface area contributed by atoms with Gasteiger partial charge in [0.05, 0.1) is 17.7 Å². The summed E-state index contributed by atoms with van der Waals surface area (Å²) in [6.07, 6.45) is 0.611. The molecule has 0 fully saturated rings. The van der Waals surface area contributed by atoms with E-state index in [-0.39, 0.29) is 5.91 Å². The molecule has 1 rings (SSSR count). The highest BCUT2D eigenvalue weighted by Crippen LogP contribution is 2.14. The molecule has 1 aromatic carbocycles. The van der Waals surface area contributed by atoms with Gasteiger partial charge in [0.2, 0.25) is 5.91 Å². The molecule has 0 aliphatic carbocycles. The third-order valence-corrected chi connectivity index (χ3v) is 2.47. The standard InChI is InChI=1S/C12H15N3O/c1-3-11(14)12(16)15(2)10-6-4-9(8-13)5-7-10/h4-7,11H,3,14H2,1-2H3. The van der Waals surface area contributed by atoms with Crippen LogP contribution in [0.25, 0.3) is 0 Å².